The molecular formula is C19H27N5O4S. The van der Waals surface area contributed by atoms with Crippen molar-refractivity contribution in [1.82, 2.24) is 15.0 Å². The van der Waals surface area contributed by atoms with Crippen molar-refractivity contribution in [3.05, 3.63) is 36.2 Å². The molecule has 3 unspecified atom stereocenters. The monoisotopic (exact) mass is 421 g/mol. The Hall–Kier alpha value is -2.30. The lowest BCUT2D eigenvalue weighted by Crippen LogP contribution is -2.37. The summed E-state index contributed by atoms with van der Waals surface area (Å²) in [4.78, 5) is 4.16. The molecule has 1 aromatic carbocycles. The van der Waals surface area contributed by atoms with Crippen molar-refractivity contribution in [3.63, 3.8) is 0 Å². The van der Waals surface area contributed by atoms with Crippen LogP contribution in [-0.2, 0) is 17.9 Å². The molecule has 10 heteroatoms. The van der Waals surface area contributed by atoms with Gasteiger partial charge in [0, 0.05) is 19.4 Å². The van der Waals surface area contributed by atoms with Crippen molar-refractivity contribution >= 4 is 16.9 Å². The van der Waals surface area contributed by atoms with Crippen LogP contribution in [0.5, 0.6) is 11.5 Å². The van der Waals surface area contributed by atoms with Crippen LogP contribution in [0.15, 0.2) is 35.5 Å². The number of rotatable bonds is 8. The van der Waals surface area contributed by atoms with E-state index in [1.807, 2.05) is 37.4 Å². The summed E-state index contributed by atoms with van der Waals surface area (Å²) in [5.74, 6) is 1.31. The molecule has 9 nitrogen and oxygen atoms in total. The summed E-state index contributed by atoms with van der Waals surface area (Å²) in [6, 6.07) is 7.44. The molecule has 1 aliphatic heterocycles. The highest BCUT2D eigenvalue weighted by atomic mass is 32.2. The first-order valence-corrected chi connectivity index (χ1v) is 10.4. The highest BCUT2D eigenvalue weighted by Crippen LogP contribution is 2.29. The molecule has 0 bridgehead atoms. The predicted molar refractivity (Wildman–Crippen MR) is 111 cm³/mol. The largest absolute Gasteiger partial charge is 0.493 e. The first-order valence-electron chi connectivity index (χ1n) is 9.52. The quantitative estimate of drug-likeness (QED) is 0.489. The second-order valence-corrected chi connectivity index (χ2v) is 7.79. The number of aliphatic hydroxyl groups excluding tert-OH is 1. The zero-order valence-corrected chi connectivity index (χ0v) is 17.4. The van der Waals surface area contributed by atoms with Gasteiger partial charge in [0.15, 0.2) is 16.7 Å². The maximum absolute atomic E-state index is 10.2. The SMILES string of the molecule is CCN=C(N)SC1CC(O)CC(Cn2cc(COc3ccccc3OC)nn2)O1. The maximum atomic E-state index is 10.2. The fraction of sp³-hybridized carbons (Fsp3) is 0.526. The van der Waals surface area contributed by atoms with E-state index in [1.54, 1.807) is 11.8 Å². The lowest BCUT2D eigenvalue weighted by molar-refractivity contribution is -0.0660. The van der Waals surface area contributed by atoms with Gasteiger partial charge in [-0.1, -0.05) is 29.1 Å². The van der Waals surface area contributed by atoms with Crippen molar-refractivity contribution < 1.29 is 19.3 Å². The van der Waals surface area contributed by atoms with E-state index in [1.165, 1.54) is 11.8 Å². The highest BCUT2D eigenvalue weighted by molar-refractivity contribution is 8.14. The van der Waals surface area contributed by atoms with Crippen LogP contribution >= 0.6 is 11.8 Å². The molecule has 29 heavy (non-hydrogen) atoms. The maximum Gasteiger partial charge on any atom is 0.161 e. The van der Waals surface area contributed by atoms with Gasteiger partial charge in [0.25, 0.3) is 0 Å². The summed E-state index contributed by atoms with van der Waals surface area (Å²) in [5.41, 5.74) is 6.33. The van der Waals surface area contributed by atoms with Crippen LogP contribution in [0.4, 0.5) is 0 Å². The molecular weight excluding hydrogens is 394 g/mol. The van der Waals surface area contributed by atoms with Gasteiger partial charge in [0.2, 0.25) is 0 Å². The molecule has 2 heterocycles. The first kappa shape index (κ1) is 21.4. The van der Waals surface area contributed by atoms with E-state index in [-0.39, 0.29) is 18.1 Å². The number of para-hydroxylation sites is 2. The molecule has 158 valence electrons. The van der Waals surface area contributed by atoms with Crippen molar-refractivity contribution in [2.45, 2.75) is 50.6 Å². The summed E-state index contributed by atoms with van der Waals surface area (Å²) in [6.07, 6.45) is 2.24. The number of nitrogens with zero attached hydrogens (tertiary/aromatic N) is 4. The molecule has 0 amide bonds. The van der Waals surface area contributed by atoms with Crippen LogP contribution in [-0.4, -0.2) is 56.6 Å². The molecule has 1 aliphatic rings. The molecule has 1 saturated heterocycles. The molecule has 3 rings (SSSR count). The Balaban J connectivity index is 1.54. The standard InChI is InChI=1S/C19H27N5O4S/c1-3-21-19(20)29-18-9-14(25)8-15(28-18)11-24-10-13(22-23-24)12-27-17-7-5-4-6-16(17)26-2/h4-7,10,14-15,18,25H,3,8-9,11-12H2,1-2H3,(H2,20,21). The second kappa shape index (κ2) is 10.5. The van der Waals surface area contributed by atoms with E-state index >= 15 is 0 Å². The van der Waals surface area contributed by atoms with Gasteiger partial charge in [-0.05, 0) is 19.1 Å². The van der Waals surface area contributed by atoms with Gasteiger partial charge in [-0.25, -0.2) is 4.68 Å². The predicted octanol–water partition coefficient (Wildman–Crippen LogP) is 1.80. The summed E-state index contributed by atoms with van der Waals surface area (Å²) < 4.78 is 18.8. The molecule has 0 spiro atoms. The third-order valence-electron chi connectivity index (χ3n) is 4.33. The van der Waals surface area contributed by atoms with Gasteiger partial charge in [0.05, 0.1) is 32.1 Å². The number of aliphatic imine (C=N–C) groups is 1. The Labute approximate surface area is 174 Å². The summed E-state index contributed by atoms with van der Waals surface area (Å²) >= 11 is 1.35. The molecule has 0 aliphatic carbocycles. The lowest BCUT2D eigenvalue weighted by Gasteiger charge is -2.32. The van der Waals surface area contributed by atoms with Crippen molar-refractivity contribution in [2.75, 3.05) is 13.7 Å². The Morgan fingerprint density at radius 3 is 2.93 bits per heavy atom. The van der Waals surface area contributed by atoms with Gasteiger partial charge in [-0.15, -0.1) is 5.10 Å². The van der Waals surface area contributed by atoms with Crippen LogP contribution in [0.2, 0.25) is 0 Å². The van der Waals surface area contributed by atoms with Gasteiger partial charge >= 0.3 is 0 Å². The molecule has 1 aromatic heterocycles. The summed E-state index contributed by atoms with van der Waals surface area (Å²) in [6.45, 7) is 3.31. The number of amidine groups is 1. The van der Waals surface area contributed by atoms with Crippen LogP contribution in [0, 0.1) is 0 Å². The van der Waals surface area contributed by atoms with Crippen LogP contribution in [0.25, 0.3) is 0 Å². The summed E-state index contributed by atoms with van der Waals surface area (Å²) in [5, 5.41) is 19.0. The molecule has 1 fully saturated rings. The summed E-state index contributed by atoms with van der Waals surface area (Å²) in [7, 11) is 1.60. The smallest absolute Gasteiger partial charge is 0.161 e. The number of ether oxygens (including phenoxy) is 3. The number of hydrogen-bond acceptors (Lipinski definition) is 8. The molecule has 0 radical (unpaired) electrons. The van der Waals surface area contributed by atoms with Crippen LogP contribution in [0.1, 0.15) is 25.5 Å². The number of nitrogens with two attached hydrogens (primary N) is 1. The number of benzene rings is 1. The van der Waals surface area contributed by atoms with E-state index in [4.69, 9.17) is 19.9 Å². The Bertz CT molecular complexity index is 815. The van der Waals surface area contributed by atoms with Gasteiger partial charge in [-0.2, -0.15) is 0 Å². The van der Waals surface area contributed by atoms with E-state index in [0.717, 1.165) is 0 Å². The lowest BCUT2D eigenvalue weighted by atomic mass is 10.1. The topological polar surface area (TPSA) is 117 Å². The van der Waals surface area contributed by atoms with Gasteiger partial charge in [-0.3, -0.25) is 4.99 Å². The third kappa shape index (κ3) is 6.34. The van der Waals surface area contributed by atoms with E-state index in [9.17, 15) is 5.11 Å². The third-order valence-corrected chi connectivity index (χ3v) is 5.27. The minimum atomic E-state index is -0.447. The average molecular weight is 422 g/mol. The number of hydrogen-bond donors (Lipinski definition) is 2. The Kier molecular flexibility index (Phi) is 7.73. The van der Waals surface area contributed by atoms with E-state index in [2.05, 4.69) is 15.3 Å². The Morgan fingerprint density at radius 2 is 2.17 bits per heavy atom. The fourth-order valence-corrected chi connectivity index (χ4v) is 4.07. The molecule has 3 N–H and O–H groups in total. The second-order valence-electron chi connectivity index (χ2n) is 6.61. The molecule has 3 atom stereocenters. The first-order chi connectivity index (χ1) is 14.1. The van der Waals surface area contributed by atoms with E-state index in [0.29, 0.717) is 48.3 Å². The molecule has 0 saturated carbocycles. The van der Waals surface area contributed by atoms with Crippen LogP contribution in [0.3, 0.4) is 0 Å². The average Bonchev–Trinajstić information content (AvgIpc) is 3.13. The number of methoxy groups -OCH3 is 1. The van der Waals surface area contributed by atoms with Crippen LogP contribution < -0.4 is 15.2 Å². The van der Waals surface area contributed by atoms with Crippen molar-refractivity contribution in [3.8, 4) is 11.5 Å². The van der Waals surface area contributed by atoms with Gasteiger partial charge < -0.3 is 25.1 Å². The minimum Gasteiger partial charge on any atom is -0.493 e. The van der Waals surface area contributed by atoms with Gasteiger partial charge in [0.1, 0.15) is 17.7 Å². The number of thioether (sulfide) groups is 1. The van der Waals surface area contributed by atoms with E-state index < -0.39 is 6.10 Å². The zero-order chi connectivity index (χ0) is 20.6. The number of aromatic nitrogens is 3. The Morgan fingerprint density at radius 1 is 1.38 bits per heavy atom. The zero-order valence-electron chi connectivity index (χ0n) is 16.6. The number of aliphatic hydroxyl groups is 1. The fourth-order valence-electron chi connectivity index (χ4n) is 3.06. The van der Waals surface area contributed by atoms with Crippen molar-refractivity contribution in [1.29, 1.82) is 0 Å². The van der Waals surface area contributed by atoms with Crippen molar-refractivity contribution in [2.24, 2.45) is 10.7 Å². The normalized spacial score (nSPS) is 22.4. The molecule has 2 aromatic rings. The highest BCUT2D eigenvalue weighted by Gasteiger charge is 2.30. The minimum absolute atomic E-state index is 0.185.